The maximum atomic E-state index is 12.3. The van der Waals surface area contributed by atoms with Gasteiger partial charge in [0, 0.05) is 45.8 Å². The van der Waals surface area contributed by atoms with Crippen LogP contribution in [0.1, 0.15) is 5.56 Å². The lowest BCUT2D eigenvalue weighted by Gasteiger charge is -2.35. The summed E-state index contributed by atoms with van der Waals surface area (Å²) in [5, 5.41) is 5.80. The quantitative estimate of drug-likeness (QED) is 0.718. The van der Waals surface area contributed by atoms with Gasteiger partial charge in [0.15, 0.2) is 0 Å². The second-order valence-electron chi connectivity index (χ2n) is 6.42. The molecule has 1 aromatic carbocycles. The molecule has 2 heterocycles. The molecule has 0 bridgehead atoms. The molecule has 2 aliphatic heterocycles. The van der Waals surface area contributed by atoms with Crippen LogP contribution in [0.3, 0.4) is 0 Å². The maximum Gasteiger partial charge on any atom is 0.250 e. The highest BCUT2D eigenvalue weighted by molar-refractivity contribution is 5.87. The van der Waals surface area contributed by atoms with E-state index in [1.165, 1.54) is 5.56 Å². The number of nitrogens with zero attached hydrogens (tertiary/aromatic N) is 2. The highest BCUT2D eigenvalue weighted by Gasteiger charge is 2.24. The van der Waals surface area contributed by atoms with E-state index in [2.05, 4.69) is 27.7 Å². The zero-order chi connectivity index (χ0) is 17.5. The van der Waals surface area contributed by atoms with Gasteiger partial charge in [-0.2, -0.15) is 0 Å². The molecule has 152 valence electrons. The largest absolute Gasteiger partial charge is 0.366 e. The first-order chi connectivity index (χ1) is 12.2. The predicted molar refractivity (Wildman–Crippen MR) is 108 cm³/mol. The first-order valence-corrected chi connectivity index (χ1v) is 8.86. The highest BCUT2D eigenvalue weighted by atomic mass is 35.5. The zero-order valence-corrected chi connectivity index (χ0v) is 16.9. The van der Waals surface area contributed by atoms with Gasteiger partial charge in [0.2, 0.25) is 5.91 Å². The van der Waals surface area contributed by atoms with Gasteiger partial charge in [0.1, 0.15) is 6.10 Å². The van der Waals surface area contributed by atoms with Gasteiger partial charge >= 0.3 is 0 Å². The summed E-state index contributed by atoms with van der Waals surface area (Å²) in [6.07, 6.45) is -0.496. The summed E-state index contributed by atoms with van der Waals surface area (Å²) < 4.78 is 5.38. The first-order valence-electron chi connectivity index (χ1n) is 8.86. The van der Waals surface area contributed by atoms with Crippen molar-refractivity contribution in [3.8, 4) is 0 Å². The zero-order valence-electron chi connectivity index (χ0n) is 15.3. The summed E-state index contributed by atoms with van der Waals surface area (Å²) in [6.45, 7) is 5.83. The van der Waals surface area contributed by atoms with Gasteiger partial charge in [-0.3, -0.25) is 14.5 Å². The minimum Gasteiger partial charge on any atom is -0.366 e. The Morgan fingerprint density at radius 3 is 2.44 bits per heavy atom. The van der Waals surface area contributed by atoms with Crippen LogP contribution in [0, 0.1) is 0 Å². The van der Waals surface area contributed by atoms with Crippen molar-refractivity contribution < 1.29 is 14.3 Å². The summed E-state index contributed by atoms with van der Waals surface area (Å²) in [5.74, 6) is -0.250. The number of hydrogen-bond donors (Lipinski definition) is 2. The van der Waals surface area contributed by atoms with Crippen molar-refractivity contribution in [1.82, 2.24) is 20.4 Å². The SMILES string of the molecule is Cl.Cl.O=C(NCC(=O)N1CCN(Cc2ccccc2)CC1)C1CNCCO1. The molecular weight excluding hydrogens is 391 g/mol. The molecule has 27 heavy (non-hydrogen) atoms. The van der Waals surface area contributed by atoms with E-state index in [4.69, 9.17) is 4.74 Å². The number of carbonyl (C=O) groups excluding carboxylic acids is 2. The molecule has 1 atom stereocenters. The Balaban J connectivity index is 0.00000182. The third kappa shape index (κ3) is 7.27. The molecule has 9 heteroatoms. The summed E-state index contributed by atoms with van der Waals surface area (Å²) in [5.41, 5.74) is 1.29. The van der Waals surface area contributed by atoms with Crippen molar-refractivity contribution in [1.29, 1.82) is 0 Å². The fourth-order valence-electron chi connectivity index (χ4n) is 3.12. The number of ether oxygens (including phenoxy) is 1. The Kier molecular flexibility index (Phi) is 10.6. The average Bonchev–Trinajstić information content (AvgIpc) is 2.68. The monoisotopic (exact) mass is 418 g/mol. The molecule has 1 aromatic rings. The van der Waals surface area contributed by atoms with Gasteiger partial charge in [-0.15, -0.1) is 24.8 Å². The Morgan fingerprint density at radius 1 is 1.11 bits per heavy atom. The average molecular weight is 419 g/mol. The van der Waals surface area contributed by atoms with E-state index in [1.54, 1.807) is 0 Å². The minimum absolute atomic E-state index is 0. The summed E-state index contributed by atoms with van der Waals surface area (Å²) >= 11 is 0. The number of rotatable bonds is 5. The Labute approximate surface area is 172 Å². The fourth-order valence-corrected chi connectivity index (χ4v) is 3.12. The van der Waals surface area contributed by atoms with Crippen LogP contribution in [0.4, 0.5) is 0 Å². The lowest BCUT2D eigenvalue weighted by molar-refractivity contribution is -0.139. The number of carbonyl (C=O) groups is 2. The van der Waals surface area contributed by atoms with E-state index in [0.29, 0.717) is 26.2 Å². The van der Waals surface area contributed by atoms with Crippen molar-refractivity contribution in [2.24, 2.45) is 0 Å². The van der Waals surface area contributed by atoms with Crippen molar-refractivity contribution in [3.63, 3.8) is 0 Å². The van der Waals surface area contributed by atoms with Gasteiger partial charge in [0.05, 0.1) is 13.2 Å². The fraction of sp³-hybridized carbons (Fsp3) is 0.556. The van der Waals surface area contributed by atoms with Gasteiger partial charge in [-0.1, -0.05) is 30.3 Å². The van der Waals surface area contributed by atoms with Gasteiger partial charge in [-0.25, -0.2) is 0 Å². The van der Waals surface area contributed by atoms with Crippen LogP contribution in [0.15, 0.2) is 30.3 Å². The molecule has 3 rings (SSSR count). The molecule has 0 aromatic heterocycles. The number of hydrogen-bond acceptors (Lipinski definition) is 5. The van der Waals surface area contributed by atoms with Gasteiger partial charge in [-0.05, 0) is 5.56 Å². The molecular formula is C18H28Cl2N4O3. The standard InChI is InChI=1S/C18H26N4O3.2ClH/c23-17(13-20-18(24)16-12-19-6-11-25-16)22-9-7-21(8-10-22)14-15-4-2-1-3-5-15;;/h1-5,16,19H,6-14H2,(H,20,24);2*1H. The number of morpholine rings is 1. The molecule has 0 aliphatic carbocycles. The summed E-state index contributed by atoms with van der Waals surface area (Å²) in [6, 6.07) is 10.3. The van der Waals surface area contributed by atoms with Crippen molar-refractivity contribution in [2.45, 2.75) is 12.6 Å². The molecule has 0 saturated carbocycles. The molecule has 2 N–H and O–H groups in total. The molecule has 2 aliphatic rings. The number of amides is 2. The van der Waals surface area contributed by atoms with Crippen molar-refractivity contribution in [3.05, 3.63) is 35.9 Å². The van der Waals surface area contributed by atoms with E-state index in [9.17, 15) is 9.59 Å². The lowest BCUT2D eigenvalue weighted by atomic mass is 10.2. The third-order valence-electron chi connectivity index (χ3n) is 4.61. The smallest absolute Gasteiger partial charge is 0.250 e. The van der Waals surface area contributed by atoms with Crippen LogP contribution in [0.25, 0.3) is 0 Å². The van der Waals surface area contributed by atoms with Crippen LogP contribution in [0.5, 0.6) is 0 Å². The second-order valence-corrected chi connectivity index (χ2v) is 6.42. The van der Waals surface area contributed by atoms with Crippen LogP contribution < -0.4 is 10.6 Å². The van der Waals surface area contributed by atoms with Crippen LogP contribution in [0.2, 0.25) is 0 Å². The van der Waals surface area contributed by atoms with Crippen LogP contribution in [-0.4, -0.2) is 80.1 Å². The van der Waals surface area contributed by atoms with Crippen LogP contribution >= 0.6 is 24.8 Å². The topological polar surface area (TPSA) is 73.9 Å². The Bertz CT molecular complexity index is 577. The van der Waals surface area contributed by atoms with E-state index in [-0.39, 0.29) is 43.2 Å². The normalized spacial score (nSPS) is 20.1. The Hall–Kier alpha value is -1.38. The lowest BCUT2D eigenvalue weighted by Crippen LogP contribution is -2.53. The van der Waals surface area contributed by atoms with E-state index in [0.717, 1.165) is 26.2 Å². The van der Waals surface area contributed by atoms with E-state index in [1.807, 2.05) is 23.1 Å². The van der Waals surface area contributed by atoms with E-state index < -0.39 is 6.10 Å². The van der Waals surface area contributed by atoms with Crippen molar-refractivity contribution in [2.75, 3.05) is 52.4 Å². The van der Waals surface area contributed by atoms with Crippen LogP contribution in [-0.2, 0) is 20.9 Å². The van der Waals surface area contributed by atoms with Crippen molar-refractivity contribution >= 4 is 36.6 Å². The molecule has 7 nitrogen and oxygen atoms in total. The highest BCUT2D eigenvalue weighted by Crippen LogP contribution is 2.08. The molecule has 2 fully saturated rings. The molecule has 1 unspecified atom stereocenters. The number of piperazine rings is 1. The van der Waals surface area contributed by atoms with Gasteiger partial charge < -0.3 is 20.3 Å². The van der Waals surface area contributed by atoms with Gasteiger partial charge in [0.25, 0.3) is 5.91 Å². The van der Waals surface area contributed by atoms with E-state index >= 15 is 0 Å². The molecule has 2 amide bonds. The number of benzene rings is 1. The number of nitrogens with one attached hydrogen (secondary N) is 2. The maximum absolute atomic E-state index is 12.3. The minimum atomic E-state index is -0.496. The summed E-state index contributed by atoms with van der Waals surface area (Å²) in [4.78, 5) is 28.4. The molecule has 2 saturated heterocycles. The number of halogens is 2. The summed E-state index contributed by atoms with van der Waals surface area (Å²) in [7, 11) is 0. The Morgan fingerprint density at radius 2 is 1.81 bits per heavy atom. The predicted octanol–water partition coefficient (Wildman–Crippen LogP) is 0.279. The molecule has 0 spiro atoms. The molecule has 0 radical (unpaired) electrons. The second kappa shape index (κ2) is 12.2. The third-order valence-corrected chi connectivity index (χ3v) is 4.61. The first kappa shape index (κ1) is 23.7.